The first-order valence-corrected chi connectivity index (χ1v) is 10.3. The number of hydrogen-bond donors (Lipinski definition) is 1. The maximum absolute atomic E-state index is 12.8. The number of rotatable bonds is 5. The van der Waals surface area contributed by atoms with Gasteiger partial charge in [-0.25, -0.2) is 4.98 Å². The predicted octanol–water partition coefficient (Wildman–Crippen LogP) is 3.62. The number of aryl methyl sites for hydroxylation is 1. The number of aromatic nitrogens is 2. The van der Waals surface area contributed by atoms with Crippen molar-refractivity contribution in [2.45, 2.75) is 17.8 Å². The van der Waals surface area contributed by atoms with Crippen LogP contribution in [-0.4, -0.2) is 15.9 Å². The summed E-state index contributed by atoms with van der Waals surface area (Å²) >= 11 is 2.92. The van der Waals surface area contributed by atoms with E-state index >= 15 is 0 Å². The highest BCUT2D eigenvalue weighted by molar-refractivity contribution is 7.98. The van der Waals surface area contributed by atoms with Crippen molar-refractivity contribution >= 4 is 39.3 Å². The van der Waals surface area contributed by atoms with Crippen molar-refractivity contribution in [1.82, 2.24) is 9.97 Å². The Morgan fingerprint density at radius 1 is 1.14 bits per heavy atom. The standard InChI is InChI=1S/C21H16N2O3S2/c1-12-16(14-5-3-2-4-6-14)17-18(24)22-21(23-19(17)28-12)27-11-13-7-9-15(10-8-13)20(25)26/h2-10H,11H2,1H3,(H,25,26)(H,22,23,24)/p-1. The van der Waals surface area contributed by atoms with Crippen LogP contribution in [0.15, 0.2) is 64.5 Å². The Bertz CT molecular complexity index is 1210. The van der Waals surface area contributed by atoms with Crippen LogP contribution in [0.25, 0.3) is 21.3 Å². The number of thiophene rings is 1. The molecule has 0 aliphatic rings. The van der Waals surface area contributed by atoms with Gasteiger partial charge < -0.3 is 14.9 Å². The van der Waals surface area contributed by atoms with Gasteiger partial charge in [0.2, 0.25) is 0 Å². The van der Waals surface area contributed by atoms with Gasteiger partial charge in [-0.3, -0.25) is 4.79 Å². The van der Waals surface area contributed by atoms with Gasteiger partial charge in [0.25, 0.3) is 5.56 Å². The van der Waals surface area contributed by atoms with Gasteiger partial charge in [-0.05, 0) is 23.6 Å². The third-order valence-electron chi connectivity index (χ3n) is 4.34. The second-order valence-corrected chi connectivity index (χ2v) is 8.39. The number of carboxylic acid groups (broad SMARTS) is 1. The largest absolute Gasteiger partial charge is 0.545 e. The van der Waals surface area contributed by atoms with Crippen LogP contribution in [0.4, 0.5) is 0 Å². The molecule has 0 amide bonds. The molecule has 140 valence electrons. The minimum absolute atomic E-state index is 0.143. The van der Waals surface area contributed by atoms with Gasteiger partial charge in [0, 0.05) is 16.2 Å². The van der Waals surface area contributed by atoms with E-state index in [2.05, 4.69) is 9.97 Å². The summed E-state index contributed by atoms with van der Waals surface area (Å²) in [5, 5.41) is 12.0. The molecule has 2 aromatic heterocycles. The number of carbonyl (C=O) groups is 1. The second kappa shape index (κ2) is 7.61. The highest BCUT2D eigenvalue weighted by atomic mass is 32.2. The highest BCUT2D eigenvalue weighted by Crippen LogP contribution is 2.36. The average Bonchev–Trinajstić information content (AvgIpc) is 3.03. The molecular formula is C21H15N2O3S2-. The maximum atomic E-state index is 12.8. The molecule has 0 atom stereocenters. The molecule has 2 heterocycles. The van der Waals surface area contributed by atoms with Crippen molar-refractivity contribution in [2.75, 3.05) is 0 Å². The van der Waals surface area contributed by atoms with E-state index < -0.39 is 5.97 Å². The molecule has 0 aliphatic carbocycles. The first-order chi connectivity index (χ1) is 13.5. The molecule has 7 heteroatoms. The van der Waals surface area contributed by atoms with E-state index in [-0.39, 0.29) is 11.1 Å². The number of fused-ring (bicyclic) bond motifs is 1. The first kappa shape index (κ1) is 18.5. The van der Waals surface area contributed by atoms with Gasteiger partial charge in [-0.2, -0.15) is 0 Å². The fraction of sp³-hybridized carbons (Fsp3) is 0.0952. The summed E-state index contributed by atoms with van der Waals surface area (Å²) in [6.07, 6.45) is 0. The molecule has 2 aromatic carbocycles. The van der Waals surface area contributed by atoms with Crippen LogP contribution in [0.3, 0.4) is 0 Å². The van der Waals surface area contributed by atoms with Crippen LogP contribution in [0.1, 0.15) is 20.8 Å². The Hall–Kier alpha value is -2.90. The lowest BCUT2D eigenvalue weighted by Gasteiger charge is -2.05. The molecule has 0 saturated heterocycles. The van der Waals surface area contributed by atoms with E-state index in [0.717, 1.165) is 26.4 Å². The Labute approximate surface area is 169 Å². The summed E-state index contributed by atoms with van der Waals surface area (Å²) in [4.78, 5) is 32.9. The van der Waals surface area contributed by atoms with Crippen LogP contribution >= 0.6 is 23.1 Å². The molecule has 4 rings (SSSR count). The third kappa shape index (κ3) is 3.58. The number of benzene rings is 2. The molecule has 4 aromatic rings. The Balaban J connectivity index is 1.63. The maximum Gasteiger partial charge on any atom is 0.260 e. The van der Waals surface area contributed by atoms with Gasteiger partial charge in [-0.1, -0.05) is 66.4 Å². The number of nitrogens with zero attached hydrogens (tertiary/aromatic N) is 1. The van der Waals surface area contributed by atoms with Crippen molar-refractivity contribution in [2.24, 2.45) is 0 Å². The molecule has 0 radical (unpaired) electrons. The number of nitrogens with one attached hydrogen (secondary N) is 1. The quantitative estimate of drug-likeness (QED) is 0.403. The van der Waals surface area contributed by atoms with E-state index in [4.69, 9.17) is 0 Å². The van der Waals surface area contributed by atoms with E-state index in [1.807, 2.05) is 37.3 Å². The smallest absolute Gasteiger partial charge is 0.260 e. The van der Waals surface area contributed by atoms with Gasteiger partial charge in [0.15, 0.2) is 5.16 Å². The average molecular weight is 407 g/mol. The summed E-state index contributed by atoms with van der Waals surface area (Å²) in [6, 6.07) is 16.3. The summed E-state index contributed by atoms with van der Waals surface area (Å²) in [7, 11) is 0. The van der Waals surface area contributed by atoms with Crippen molar-refractivity contribution < 1.29 is 9.90 Å². The second-order valence-electron chi connectivity index (χ2n) is 6.22. The SMILES string of the molecule is Cc1sc2nc(SCc3ccc(C(=O)[O-])cc3)[nH]c(=O)c2c1-c1ccccc1. The van der Waals surface area contributed by atoms with Crippen LogP contribution in [0.5, 0.6) is 0 Å². The summed E-state index contributed by atoms with van der Waals surface area (Å²) in [5.41, 5.74) is 2.87. The van der Waals surface area contributed by atoms with Crippen molar-refractivity contribution in [1.29, 1.82) is 0 Å². The number of H-pyrrole nitrogens is 1. The lowest BCUT2D eigenvalue weighted by molar-refractivity contribution is -0.255. The van der Waals surface area contributed by atoms with Crippen LogP contribution in [0.2, 0.25) is 0 Å². The number of carboxylic acids is 1. The van der Waals surface area contributed by atoms with Crippen molar-refractivity contribution in [3.05, 3.63) is 81.0 Å². The van der Waals surface area contributed by atoms with E-state index in [1.165, 1.54) is 35.2 Å². The molecule has 0 bridgehead atoms. The van der Waals surface area contributed by atoms with E-state index in [1.54, 1.807) is 12.1 Å². The zero-order valence-corrected chi connectivity index (χ0v) is 16.5. The lowest BCUT2D eigenvalue weighted by atomic mass is 10.0. The molecule has 0 unspecified atom stereocenters. The van der Waals surface area contributed by atoms with Gasteiger partial charge in [0.05, 0.1) is 11.4 Å². The molecule has 0 saturated carbocycles. The normalized spacial score (nSPS) is 11.0. The molecule has 0 aliphatic heterocycles. The van der Waals surface area contributed by atoms with E-state index in [9.17, 15) is 14.7 Å². The summed E-state index contributed by atoms with van der Waals surface area (Å²) in [6.45, 7) is 2.00. The number of hydrogen-bond acceptors (Lipinski definition) is 6. The molecule has 5 nitrogen and oxygen atoms in total. The van der Waals surface area contributed by atoms with Gasteiger partial charge in [-0.15, -0.1) is 11.3 Å². The van der Waals surface area contributed by atoms with Crippen molar-refractivity contribution in [3.8, 4) is 11.1 Å². The molecule has 0 spiro atoms. The number of carbonyl (C=O) groups excluding carboxylic acids is 1. The van der Waals surface area contributed by atoms with Crippen molar-refractivity contribution in [3.63, 3.8) is 0 Å². The fourth-order valence-corrected chi connectivity index (χ4v) is 4.93. The van der Waals surface area contributed by atoms with Crippen LogP contribution < -0.4 is 10.7 Å². The number of aromatic carboxylic acids is 1. The van der Waals surface area contributed by atoms with Gasteiger partial charge in [0.1, 0.15) is 4.83 Å². The Morgan fingerprint density at radius 3 is 2.54 bits per heavy atom. The molecule has 1 N–H and O–H groups in total. The predicted molar refractivity (Wildman–Crippen MR) is 111 cm³/mol. The number of thioether (sulfide) groups is 1. The number of aromatic amines is 1. The first-order valence-electron chi connectivity index (χ1n) is 8.55. The summed E-state index contributed by atoms with van der Waals surface area (Å²) in [5.74, 6) is -0.629. The minimum atomic E-state index is -1.20. The Kier molecular flexibility index (Phi) is 5.02. The van der Waals surface area contributed by atoms with Gasteiger partial charge >= 0.3 is 0 Å². The lowest BCUT2D eigenvalue weighted by Crippen LogP contribution is -2.21. The zero-order chi connectivity index (χ0) is 19.7. The monoisotopic (exact) mass is 407 g/mol. The molecule has 0 fully saturated rings. The summed E-state index contributed by atoms with van der Waals surface area (Å²) < 4.78 is 0. The van der Waals surface area contributed by atoms with E-state index in [0.29, 0.717) is 16.3 Å². The minimum Gasteiger partial charge on any atom is -0.545 e. The topological polar surface area (TPSA) is 85.9 Å². The fourth-order valence-electron chi connectivity index (χ4n) is 3.01. The zero-order valence-electron chi connectivity index (χ0n) is 14.9. The Morgan fingerprint density at radius 2 is 1.86 bits per heavy atom. The van der Waals surface area contributed by atoms with Crippen LogP contribution in [-0.2, 0) is 5.75 Å². The highest BCUT2D eigenvalue weighted by Gasteiger charge is 2.16. The van der Waals surface area contributed by atoms with Crippen LogP contribution in [0, 0.1) is 6.92 Å². The molecular weight excluding hydrogens is 392 g/mol. The molecule has 28 heavy (non-hydrogen) atoms. The third-order valence-corrected chi connectivity index (χ3v) is 6.29.